The molecule has 2 N–H and O–H groups in total. The van der Waals surface area contributed by atoms with E-state index in [-0.39, 0.29) is 18.1 Å². The summed E-state index contributed by atoms with van der Waals surface area (Å²) < 4.78 is 11.2. The maximum absolute atomic E-state index is 11.9. The molecule has 3 unspecified atom stereocenters. The second-order valence-electron chi connectivity index (χ2n) is 5.98. The van der Waals surface area contributed by atoms with Gasteiger partial charge < -0.3 is 20.1 Å². The number of ether oxygens (including phenoxy) is 2. The quantitative estimate of drug-likeness (QED) is 0.717. The number of nitrogens with one attached hydrogen (secondary N) is 2. The van der Waals surface area contributed by atoms with E-state index >= 15 is 0 Å². The van der Waals surface area contributed by atoms with Crippen molar-refractivity contribution in [1.29, 1.82) is 0 Å². The Morgan fingerprint density at radius 3 is 3.20 bits per heavy atom. The van der Waals surface area contributed by atoms with Crippen LogP contribution >= 0.6 is 0 Å². The second kappa shape index (κ2) is 6.85. The number of nitrogens with zero attached hydrogens (tertiary/aromatic N) is 1. The number of fused-ring (bicyclic) bond motifs is 1. The molecule has 3 aliphatic heterocycles. The molecule has 0 radical (unpaired) electrons. The molecule has 0 spiro atoms. The molecule has 0 aromatic carbocycles. The first-order valence-corrected chi connectivity index (χ1v) is 7.75. The Kier molecular flexibility index (Phi) is 4.88. The molecule has 0 aromatic rings. The van der Waals surface area contributed by atoms with Gasteiger partial charge in [-0.05, 0) is 19.4 Å². The van der Waals surface area contributed by atoms with Crippen molar-refractivity contribution in [2.75, 3.05) is 46.0 Å². The number of morpholine rings is 2. The predicted octanol–water partition coefficient (Wildman–Crippen LogP) is -0.656. The van der Waals surface area contributed by atoms with E-state index in [9.17, 15) is 4.79 Å². The zero-order chi connectivity index (χ0) is 13.8. The minimum Gasteiger partial charge on any atom is -0.378 e. The minimum atomic E-state index is 0.0835. The van der Waals surface area contributed by atoms with Crippen LogP contribution in [0.4, 0.5) is 0 Å². The van der Waals surface area contributed by atoms with Gasteiger partial charge in [0.15, 0.2) is 0 Å². The maximum atomic E-state index is 11.9. The van der Waals surface area contributed by atoms with Gasteiger partial charge in [-0.25, -0.2) is 0 Å². The van der Waals surface area contributed by atoms with Gasteiger partial charge in [0.25, 0.3) is 0 Å². The molecule has 1 amide bonds. The zero-order valence-corrected chi connectivity index (χ0v) is 12.0. The summed E-state index contributed by atoms with van der Waals surface area (Å²) in [5.41, 5.74) is 0. The van der Waals surface area contributed by atoms with E-state index in [2.05, 4.69) is 15.5 Å². The predicted molar refractivity (Wildman–Crippen MR) is 74.6 cm³/mol. The van der Waals surface area contributed by atoms with Crippen LogP contribution in [0.2, 0.25) is 0 Å². The van der Waals surface area contributed by atoms with Crippen LogP contribution in [0.5, 0.6) is 0 Å². The topological polar surface area (TPSA) is 62.8 Å². The standard InChI is InChI=1S/C14H25N3O3/c18-14(6-11-9-19-5-3-15-11)16-7-13-8-17-4-1-2-12(17)10-20-13/h11-13,15H,1-10H2,(H,16,18). The third-order valence-electron chi connectivity index (χ3n) is 4.42. The first kappa shape index (κ1) is 14.3. The summed E-state index contributed by atoms with van der Waals surface area (Å²) in [6.45, 7) is 5.78. The lowest BCUT2D eigenvalue weighted by atomic mass is 10.1. The lowest BCUT2D eigenvalue weighted by molar-refractivity contribution is -0.123. The van der Waals surface area contributed by atoms with Crippen LogP contribution in [-0.2, 0) is 14.3 Å². The fourth-order valence-electron chi connectivity index (χ4n) is 3.28. The highest BCUT2D eigenvalue weighted by molar-refractivity contribution is 5.76. The van der Waals surface area contributed by atoms with E-state index in [0.29, 0.717) is 25.6 Å². The van der Waals surface area contributed by atoms with Gasteiger partial charge in [0.1, 0.15) is 0 Å². The Hall–Kier alpha value is -0.690. The van der Waals surface area contributed by atoms with Gasteiger partial charge in [-0.3, -0.25) is 9.69 Å². The highest BCUT2D eigenvalue weighted by Gasteiger charge is 2.32. The van der Waals surface area contributed by atoms with Crippen LogP contribution in [0.1, 0.15) is 19.3 Å². The number of rotatable bonds is 4. The molecule has 6 heteroatoms. The molecule has 0 aliphatic carbocycles. The average Bonchev–Trinajstić information content (AvgIpc) is 2.93. The molecule has 114 valence electrons. The number of carbonyl (C=O) groups excluding carboxylic acids is 1. The summed E-state index contributed by atoms with van der Waals surface area (Å²) in [5, 5.41) is 6.29. The fourth-order valence-corrected chi connectivity index (χ4v) is 3.28. The Labute approximate surface area is 120 Å². The monoisotopic (exact) mass is 283 g/mol. The molecule has 3 heterocycles. The van der Waals surface area contributed by atoms with E-state index in [1.54, 1.807) is 0 Å². The minimum absolute atomic E-state index is 0.0835. The molecule has 20 heavy (non-hydrogen) atoms. The van der Waals surface area contributed by atoms with E-state index < -0.39 is 0 Å². The highest BCUT2D eigenvalue weighted by Crippen LogP contribution is 2.22. The molecule has 3 saturated heterocycles. The number of carbonyl (C=O) groups is 1. The molecule has 0 saturated carbocycles. The van der Waals surface area contributed by atoms with Gasteiger partial charge in [-0.15, -0.1) is 0 Å². The van der Waals surface area contributed by atoms with Gasteiger partial charge in [-0.2, -0.15) is 0 Å². The summed E-state index contributed by atoms with van der Waals surface area (Å²) in [7, 11) is 0. The molecule has 3 fully saturated rings. The summed E-state index contributed by atoms with van der Waals surface area (Å²) in [6.07, 6.45) is 3.16. The van der Waals surface area contributed by atoms with Gasteiger partial charge in [0.2, 0.25) is 5.91 Å². The van der Waals surface area contributed by atoms with Crippen LogP contribution < -0.4 is 10.6 Å². The smallest absolute Gasteiger partial charge is 0.221 e. The molecular weight excluding hydrogens is 258 g/mol. The van der Waals surface area contributed by atoms with Gasteiger partial charge in [0.05, 0.1) is 25.9 Å². The third kappa shape index (κ3) is 3.69. The van der Waals surface area contributed by atoms with Crippen LogP contribution in [0.3, 0.4) is 0 Å². The molecule has 0 bridgehead atoms. The van der Waals surface area contributed by atoms with Crippen molar-refractivity contribution in [2.45, 2.75) is 37.5 Å². The Bertz CT molecular complexity index is 334. The molecular formula is C14H25N3O3. The summed E-state index contributed by atoms with van der Waals surface area (Å²) in [5.74, 6) is 0.0835. The molecule has 3 atom stereocenters. The van der Waals surface area contributed by atoms with Crippen LogP contribution in [0.15, 0.2) is 0 Å². The molecule has 3 aliphatic rings. The SMILES string of the molecule is O=C(CC1COCCN1)NCC1CN2CCCC2CO1. The number of hydrogen-bond donors (Lipinski definition) is 2. The van der Waals surface area contributed by atoms with Crippen molar-refractivity contribution in [3.63, 3.8) is 0 Å². The average molecular weight is 283 g/mol. The van der Waals surface area contributed by atoms with Crippen LogP contribution in [-0.4, -0.2) is 75.0 Å². The van der Waals surface area contributed by atoms with Crippen molar-refractivity contribution >= 4 is 5.91 Å². The van der Waals surface area contributed by atoms with Gasteiger partial charge in [-0.1, -0.05) is 0 Å². The van der Waals surface area contributed by atoms with E-state index in [1.165, 1.54) is 19.4 Å². The largest absolute Gasteiger partial charge is 0.378 e. The maximum Gasteiger partial charge on any atom is 0.221 e. The van der Waals surface area contributed by atoms with E-state index in [0.717, 1.165) is 26.3 Å². The van der Waals surface area contributed by atoms with Crippen LogP contribution in [0.25, 0.3) is 0 Å². The fraction of sp³-hybridized carbons (Fsp3) is 0.929. The van der Waals surface area contributed by atoms with Crippen molar-refractivity contribution in [2.24, 2.45) is 0 Å². The molecule has 0 aromatic heterocycles. The Morgan fingerprint density at radius 2 is 2.35 bits per heavy atom. The molecule has 3 rings (SSSR count). The summed E-state index contributed by atoms with van der Waals surface area (Å²) >= 11 is 0. The van der Waals surface area contributed by atoms with Crippen molar-refractivity contribution < 1.29 is 14.3 Å². The third-order valence-corrected chi connectivity index (χ3v) is 4.42. The van der Waals surface area contributed by atoms with E-state index in [1.807, 2.05) is 0 Å². The second-order valence-corrected chi connectivity index (χ2v) is 5.98. The highest BCUT2D eigenvalue weighted by atomic mass is 16.5. The lowest BCUT2D eigenvalue weighted by Crippen LogP contribution is -2.50. The summed E-state index contributed by atoms with van der Waals surface area (Å²) in [4.78, 5) is 14.4. The van der Waals surface area contributed by atoms with Crippen LogP contribution in [0, 0.1) is 0 Å². The molecule has 6 nitrogen and oxygen atoms in total. The number of hydrogen-bond acceptors (Lipinski definition) is 5. The van der Waals surface area contributed by atoms with E-state index in [4.69, 9.17) is 9.47 Å². The Balaban J connectivity index is 1.35. The van der Waals surface area contributed by atoms with Crippen molar-refractivity contribution in [3.05, 3.63) is 0 Å². The van der Waals surface area contributed by atoms with Gasteiger partial charge in [0, 0.05) is 38.1 Å². The van der Waals surface area contributed by atoms with Crippen molar-refractivity contribution in [1.82, 2.24) is 15.5 Å². The first-order chi connectivity index (χ1) is 9.81. The van der Waals surface area contributed by atoms with Crippen molar-refractivity contribution in [3.8, 4) is 0 Å². The lowest BCUT2D eigenvalue weighted by Gasteiger charge is -2.35. The number of amides is 1. The zero-order valence-electron chi connectivity index (χ0n) is 12.0. The Morgan fingerprint density at radius 1 is 1.40 bits per heavy atom. The normalized spacial score (nSPS) is 34.7. The summed E-state index contributed by atoms with van der Waals surface area (Å²) in [6, 6.07) is 0.768. The first-order valence-electron chi connectivity index (χ1n) is 7.75. The van der Waals surface area contributed by atoms with Gasteiger partial charge >= 0.3 is 0 Å².